The van der Waals surface area contributed by atoms with Gasteiger partial charge in [-0.3, -0.25) is 14.6 Å². The highest BCUT2D eigenvalue weighted by Crippen LogP contribution is 2.24. The standard InChI is InChI=1S/C14H20N2O4/c1-14(2,3)20-13(19)12(10(15)8-11(17)18)9-4-6-16-7-5-9/h4-7,10,12H,8,15H2,1-3H3,(H,17,18). The summed E-state index contributed by atoms with van der Waals surface area (Å²) in [6.07, 6.45) is 2.74. The minimum atomic E-state index is -1.06. The topological polar surface area (TPSA) is 103 Å². The Hall–Kier alpha value is -1.95. The molecule has 6 nitrogen and oxygen atoms in total. The van der Waals surface area contributed by atoms with E-state index in [0.29, 0.717) is 5.56 Å². The molecule has 0 aliphatic rings. The zero-order valence-electron chi connectivity index (χ0n) is 11.9. The van der Waals surface area contributed by atoms with Crippen molar-refractivity contribution >= 4 is 11.9 Å². The number of carboxylic acids is 1. The lowest BCUT2D eigenvalue weighted by molar-refractivity contribution is -0.157. The zero-order valence-corrected chi connectivity index (χ0v) is 11.9. The Morgan fingerprint density at radius 1 is 1.35 bits per heavy atom. The number of rotatable bonds is 5. The minimum absolute atomic E-state index is 0.313. The van der Waals surface area contributed by atoms with Crippen molar-refractivity contribution in [3.63, 3.8) is 0 Å². The molecule has 6 heteroatoms. The highest BCUT2D eigenvalue weighted by atomic mass is 16.6. The number of esters is 1. The van der Waals surface area contributed by atoms with Crippen molar-refractivity contribution < 1.29 is 19.4 Å². The second-order valence-electron chi connectivity index (χ2n) is 5.55. The second kappa shape index (κ2) is 6.47. The maximum Gasteiger partial charge on any atom is 0.315 e. The van der Waals surface area contributed by atoms with Crippen LogP contribution in [0, 0.1) is 0 Å². The number of carbonyl (C=O) groups excluding carboxylic acids is 1. The molecule has 0 aromatic carbocycles. The molecule has 1 rings (SSSR count). The minimum Gasteiger partial charge on any atom is -0.481 e. The van der Waals surface area contributed by atoms with Crippen molar-refractivity contribution in [1.29, 1.82) is 0 Å². The first-order chi connectivity index (χ1) is 9.20. The second-order valence-corrected chi connectivity index (χ2v) is 5.55. The first-order valence-corrected chi connectivity index (χ1v) is 6.31. The molecule has 110 valence electrons. The number of aromatic nitrogens is 1. The molecule has 1 heterocycles. The van der Waals surface area contributed by atoms with Crippen LogP contribution in [0.2, 0.25) is 0 Å². The first kappa shape index (κ1) is 16.1. The smallest absolute Gasteiger partial charge is 0.315 e. The summed E-state index contributed by atoms with van der Waals surface area (Å²) < 4.78 is 5.32. The average Bonchev–Trinajstić information content (AvgIpc) is 2.26. The van der Waals surface area contributed by atoms with Gasteiger partial charge in [-0.1, -0.05) is 0 Å². The molecule has 20 heavy (non-hydrogen) atoms. The normalized spacial score (nSPS) is 14.4. The number of carboxylic acid groups (broad SMARTS) is 1. The van der Waals surface area contributed by atoms with Gasteiger partial charge in [-0.05, 0) is 38.5 Å². The van der Waals surface area contributed by atoms with E-state index in [-0.39, 0.29) is 6.42 Å². The molecule has 1 aromatic heterocycles. The molecular weight excluding hydrogens is 260 g/mol. The number of aliphatic carboxylic acids is 1. The van der Waals surface area contributed by atoms with Crippen LogP contribution in [-0.2, 0) is 14.3 Å². The van der Waals surface area contributed by atoms with Gasteiger partial charge in [-0.15, -0.1) is 0 Å². The lowest BCUT2D eigenvalue weighted by Gasteiger charge is -2.26. The van der Waals surface area contributed by atoms with Gasteiger partial charge in [-0.2, -0.15) is 0 Å². The third-order valence-electron chi connectivity index (χ3n) is 2.56. The summed E-state index contributed by atoms with van der Waals surface area (Å²) in [5.74, 6) is -2.41. The number of ether oxygens (including phenoxy) is 1. The largest absolute Gasteiger partial charge is 0.481 e. The monoisotopic (exact) mass is 280 g/mol. The van der Waals surface area contributed by atoms with Crippen LogP contribution in [0.3, 0.4) is 0 Å². The maximum atomic E-state index is 12.3. The fourth-order valence-electron chi connectivity index (χ4n) is 1.81. The van der Waals surface area contributed by atoms with E-state index in [9.17, 15) is 9.59 Å². The molecule has 3 N–H and O–H groups in total. The third kappa shape index (κ3) is 4.97. The van der Waals surface area contributed by atoms with Gasteiger partial charge in [0.2, 0.25) is 0 Å². The van der Waals surface area contributed by atoms with E-state index in [0.717, 1.165) is 0 Å². The summed E-state index contributed by atoms with van der Waals surface area (Å²) in [5, 5.41) is 8.85. The molecule has 0 radical (unpaired) electrons. The van der Waals surface area contributed by atoms with Crippen LogP contribution in [0.25, 0.3) is 0 Å². The Labute approximate surface area is 118 Å². The van der Waals surface area contributed by atoms with Gasteiger partial charge in [0.15, 0.2) is 0 Å². The maximum absolute atomic E-state index is 12.3. The summed E-state index contributed by atoms with van der Waals surface area (Å²) in [6, 6.07) is 2.41. The molecule has 0 saturated heterocycles. The number of nitrogens with zero attached hydrogens (tertiary/aromatic N) is 1. The fourth-order valence-corrected chi connectivity index (χ4v) is 1.81. The quantitative estimate of drug-likeness (QED) is 0.788. The van der Waals surface area contributed by atoms with Gasteiger partial charge in [0.1, 0.15) is 5.60 Å². The van der Waals surface area contributed by atoms with Crippen LogP contribution in [0.4, 0.5) is 0 Å². The number of hydrogen-bond donors (Lipinski definition) is 2. The van der Waals surface area contributed by atoms with E-state index >= 15 is 0 Å². The van der Waals surface area contributed by atoms with Crippen molar-refractivity contribution in [2.75, 3.05) is 0 Å². The Morgan fingerprint density at radius 3 is 2.35 bits per heavy atom. The molecule has 0 spiro atoms. The van der Waals surface area contributed by atoms with Gasteiger partial charge >= 0.3 is 11.9 Å². The van der Waals surface area contributed by atoms with Gasteiger partial charge in [0.05, 0.1) is 12.3 Å². The van der Waals surface area contributed by atoms with Crippen molar-refractivity contribution in [3.05, 3.63) is 30.1 Å². The Balaban J connectivity index is 3.02. The molecule has 0 aliphatic heterocycles. The summed E-state index contributed by atoms with van der Waals surface area (Å²) in [5.41, 5.74) is 5.81. The molecule has 2 unspecified atom stereocenters. The van der Waals surface area contributed by atoms with Gasteiger partial charge < -0.3 is 15.6 Å². The molecule has 0 aliphatic carbocycles. The van der Waals surface area contributed by atoms with Crippen molar-refractivity contribution in [1.82, 2.24) is 4.98 Å². The third-order valence-corrected chi connectivity index (χ3v) is 2.56. The van der Waals surface area contributed by atoms with Crippen molar-refractivity contribution in [3.8, 4) is 0 Å². The van der Waals surface area contributed by atoms with Gasteiger partial charge in [-0.25, -0.2) is 0 Å². The zero-order chi connectivity index (χ0) is 15.3. The van der Waals surface area contributed by atoms with Crippen LogP contribution >= 0.6 is 0 Å². The van der Waals surface area contributed by atoms with Crippen LogP contribution in [0.1, 0.15) is 38.7 Å². The van der Waals surface area contributed by atoms with Crippen molar-refractivity contribution in [2.24, 2.45) is 5.73 Å². The highest BCUT2D eigenvalue weighted by molar-refractivity contribution is 5.80. The molecule has 0 saturated carbocycles. The van der Waals surface area contributed by atoms with E-state index in [4.69, 9.17) is 15.6 Å². The van der Waals surface area contributed by atoms with E-state index in [1.54, 1.807) is 32.9 Å². The lowest BCUT2D eigenvalue weighted by Crippen LogP contribution is -2.39. The summed E-state index contributed by atoms with van der Waals surface area (Å²) in [4.78, 5) is 26.9. The SMILES string of the molecule is CC(C)(C)OC(=O)C(c1ccncc1)C(N)CC(=O)O. The van der Waals surface area contributed by atoms with E-state index in [1.807, 2.05) is 0 Å². The summed E-state index contributed by atoms with van der Waals surface area (Å²) in [7, 11) is 0. The average molecular weight is 280 g/mol. The lowest BCUT2D eigenvalue weighted by atomic mass is 9.90. The van der Waals surface area contributed by atoms with Crippen LogP contribution in [0.15, 0.2) is 24.5 Å². The molecule has 0 amide bonds. The van der Waals surface area contributed by atoms with Gasteiger partial charge in [0, 0.05) is 18.4 Å². The van der Waals surface area contributed by atoms with Crippen LogP contribution in [0.5, 0.6) is 0 Å². The van der Waals surface area contributed by atoms with E-state index in [1.165, 1.54) is 12.4 Å². The van der Waals surface area contributed by atoms with E-state index < -0.39 is 29.5 Å². The number of pyridine rings is 1. The first-order valence-electron chi connectivity index (χ1n) is 6.31. The van der Waals surface area contributed by atoms with Gasteiger partial charge in [0.25, 0.3) is 0 Å². The molecule has 0 fully saturated rings. The summed E-state index contributed by atoms with van der Waals surface area (Å²) >= 11 is 0. The number of carbonyl (C=O) groups is 2. The molecular formula is C14H20N2O4. The Morgan fingerprint density at radius 2 is 1.90 bits per heavy atom. The predicted molar refractivity (Wildman–Crippen MR) is 73.1 cm³/mol. The Bertz CT molecular complexity index is 468. The number of nitrogens with two attached hydrogens (primary N) is 1. The molecule has 0 bridgehead atoms. The predicted octanol–water partition coefficient (Wildman–Crippen LogP) is 1.31. The molecule has 1 aromatic rings. The number of hydrogen-bond acceptors (Lipinski definition) is 5. The Kier molecular flexibility index (Phi) is 5.21. The van der Waals surface area contributed by atoms with Crippen LogP contribution < -0.4 is 5.73 Å². The van der Waals surface area contributed by atoms with Crippen molar-refractivity contribution in [2.45, 2.75) is 44.8 Å². The van der Waals surface area contributed by atoms with Crippen LogP contribution in [-0.4, -0.2) is 33.7 Å². The molecule has 2 atom stereocenters. The van der Waals surface area contributed by atoms with E-state index in [2.05, 4.69) is 4.98 Å². The summed E-state index contributed by atoms with van der Waals surface area (Å²) in [6.45, 7) is 5.24. The highest BCUT2D eigenvalue weighted by Gasteiger charge is 2.32. The fraction of sp³-hybridized carbons (Fsp3) is 0.500.